The first-order valence-electron chi connectivity index (χ1n) is 15.3. The molecule has 0 saturated carbocycles. The van der Waals surface area contributed by atoms with E-state index in [-0.39, 0.29) is 67.1 Å². The van der Waals surface area contributed by atoms with E-state index in [1.807, 2.05) is 4.90 Å². The molecule has 19 heteroatoms. The van der Waals surface area contributed by atoms with Crippen molar-refractivity contribution in [3.8, 4) is 5.75 Å². The summed E-state index contributed by atoms with van der Waals surface area (Å²) >= 11 is 6.00. The molecular weight excluding hydrogens is 678 g/mol. The third kappa shape index (κ3) is 6.69. The van der Waals surface area contributed by atoms with Gasteiger partial charge in [0.2, 0.25) is 17.6 Å². The number of hydrogen-bond donors (Lipinski definition) is 2. The monoisotopic (exact) mass is 707 g/mol. The second-order valence-corrected chi connectivity index (χ2v) is 11.7. The van der Waals surface area contributed by atoms with E-state index in [2.05, 4.69) is 20.4 Å². The third-order valence-corrected chi connectivity index (χ3v) is 8.57. The van der Waals surface area contributed by atoms with Crippen molar-refractivity contribution in [2.24, 2.45) is 0 Å². The Labute approximate surface area is 280 Å². The number of nitrogens with one attached hydrogen (secondary N) is 1. The Morgan fingerprint density at radius 1 is 1.08 bits per heavy atom. The highest BCUT2D eigenvalue weighted by molar-refractivity contribution is 6.33. The maximum Gasteiger partial charge on any atom is 0.419 e. The summed E-state index contributed by atoms with van der Waals surface area (Å²) in [7, 11) is 0. The minimum absolute atomic E-state index is 0.0337. The van der Waals surface area contributed by atoms with E-state index in [0.717, 1.165) is 4.52 Å². The molecule has 0 bridgehead atoms. The molecule has 1 aromatic carbocycles. The number of carbonyl (C=O) groups is 2. The number of ether oxygens (including phenoxy) is 1. The van der Waals surface area contributed by atoms with Crippen LogP contribution in [0.15, 0.2) is 35.3 Å². The van der Waals surface area contributed by atoms with Crippen LogP contribution in [0.25, 0.3) is 5.78 Å². The second-order valence-electron chi connectivity index (χ2n) is 11.3. The highest BCUT2D eigenvalue weighted by Gasteiger charge is 2.35. The molecule has 0 radical (unpaired) electrons. The molecule has 2 saturated heterocycles. The van der Waals surface area contributed by atoms with E-state index in [9.17, 15) is 37.1 Å². The number of pyridine rings is 1. The maximum atomic E-state index is 14.4. The quantitative estimate of drug-likeness (QED) is 0.275. The van der Waals surface area contributed by atoms with E-state index >= 15 is 0 Å². The number of morpholine rings is 1. The van der Waals surface area contributed by atoms with E-state index in [4.69, 9.17) is 16.3 Å². The number of benzene rings is 1. The van der Waals surface area contributed by atoms with E-state index in [1.54, 1.807) is 11.8 Å². The van der Waals surface area contributed by atoms with Crippen molar-refractivity contribution >= 4 is 46.5 Å². The number of alkyl halides is 3. The molecule has 14 nitrogen and oxygen atoms in total. The predicted molar refractivity (Wildman–Crippen MR) is 169 cm³/mol. The first-order valence-corrected chi connectivity index (χ1v) is 15.6. The fourth-order valence-corrected chi connectivity index (χ4v) is 6.06. The van der Waals surface area contributed by atoms with Gasteiger partial charge in [-0.25, -0.2) is 9.37 Å². The summed E-state index contributed by atoms with van der Waals surface area (Å²) in [5.74, 6) is -2.86. The Hall–Kier alpha value is -4.97. The number of halogens is 5. The largest absolute Gasteiger partial charge is 0.505 e. The van der Waals surface area contributed by atoms with Crippen LogP contribution in [0, 0.1) is 5.82 Å². The van der Waals surface area contributed by atoms with Gasteiger partial charge in [-0.2, -0.15) is 22.7 Å². The van der Waals surface area contributed by atoms with Gasteiger partial charge in [0.15, 0.2) is 5.69 Å². The molecule has 0 aliphatic carbocycles. The van der Waals surface area contributed by atoms with Gasteiger partial charge in [0, 0.05) is 45.5 Å². The lowest BCUT2D eigenvalue weighted by molar-refractivity contribution is -0.140. The molecular formula is C30H30ClF4N9O5. The van der Waals surface area contributed by atoms with Crippen molar-refractivity contribution in [3.63, 3.8) is 0 Å². The van der Waals surface area contributed by atoms with Gasteiger partial charge < -0.3 is 34.4 Å². The summed E-state index contributed by atoms with van der Waals surface area (Å²) in [4.78, 5) is 54.3. The van der Waals surface area contributed by atoms with Crippen LogP contribution in [-0.2, 0) is 28.7 Å². The molecule has 0 atom stereocenters. The van der Waals surface area contributed by atoms with Crippen LogP contribution in [0.1, 0.15) is 28.7 Å². The average molecular weight is 708 g/mol. The molecule has 2 fully saturated rings. The predicted octanol–water partition coefficient (Wildman–Crippen LogP) is 2.80. The average Bonchev–Trinajstić information content (AvgIpc) is 3.53. The van der Waals surface area contributed by atoms with Crippen molar-refractivity contribution < 1.29 is 37.0 Å². The first kappa shape index (κ1) is 33.9. The number of anilines is 3. The molecule has 6 rings (SSSR count). The topological polar surface area (TPSA) is 150 Å². The van der Waals surface area contributed by atoms with Crippen molar-refractivity contribution in [2.45, 2.75) is 26.1 Å². The van der Waals surface area contributed by atoms with Gasteiger partial charge in [-0.05, 0) is 30.7 Å². The Kier molecular flexibility index (Phi) is 9.35. The summed E-state index contributed by atoms with van der Waals surface area (Å²) in [6.45, 7) is 3.82. The molecule has 0 unspecified atom stereocenters. The summed E-state index contributed by atoms with van der Waals surface area (Å²) in [5.41, 5.74) is -1.93. The van der Waals surface area contributed by atoms with Gasteiger partial charge in [0.25, 0.3) is 11.5 Å². The summed E-state index contributed by atoms with van der Waals surface area (Å²) < 4.78 is 61.9. The zero-order valence-electron chi connectivity index (χ0n) is 26.0. The molecule has 2 aliphatic rings. The van der Waals surface area contributed by atoms with Gasteiger partial charge in [0.1, 0.15) is 23.8 Å². The fourth-order valence-electron chi connectivity index (χ4n) is 5.85. The summed E-state index contributed by atoms with van der Waals surface area (Å²) in [6, 6.07) is 3.76. The molecule has 260 valence electrons. The van der Waals surface area contributed by atoms with Gasteiger partial charge in [-0.15, -0.1) is 5.10 Å². The Morgan fingerprint density at radius 2 is 1.80 bits per heavy atom. The van der Waals surface area contributed by atoms with E-state index < -0.39 is 46.5 Å². The van der Waals surface area contributed by atoms with Crippen molar-refractivity contribution in [1.29, 1.82) is 0 Å². The maximum absolute atomic E-state index is 14.4. The minimum atomic E-state index is -4.99. The van der Waals surface area contributed by atoms with Gasteiger partial charge in [0.05, 0.1) is 35.2 Å². The normalized spacial score (nSPS) is 15.6. The smallest absolute Gasteiger partial charge is 0.419 e. The fraction of sp³-hybridized carbons (Fsp3) is 0.400. The number of nitrogens with zero attached hydrogens (tertiary/aromatic N) is 8. The Morgan fingerprint density at radius 3 is 2.45 bits per heavy atom. The lowest BCUT2D eigenvalue weighted by atomic mass is 10.1. The van der Waals surface area contributed by atoms with Crippen LogP contribution in [-0.4, -0.2) is 98.5 Å². The number of amides is 2. The van der Waals surface area contributed by atoms with Crippen LogP contribution in [0.2, 0.25) is 5.02 Å². The molecule has 4 aromatic rings. The molecule has 49 heavy (non-hydrogen) atoms. The SMILES string of the molecule is CCc1c(N2CCN(C(=O)c3ncccc3O)CC2)c(=O)n2nc(N3CCOCC3)nc2n1CC(=O)Nc1cc(F)c(C(F)(F)F)cc1Cl. The number of hydrogen-bond acceptors (Lipinski definition) is 10. The van der Waals surface area contributed by atoms with E-state index in [1.165, 1.54) is 27.8 Å². The molecule has 0 spiro atoms. The zero-order valence-corrected chi connectivity index (χ0v) is 26.8. The Bertz CT molecular complexity index is 1970. The van der Waals surface area contributed by atoms with Crippen LogP contribution in [0.3, 0.4) is 0 Å². The molecule has 2 amide bonds. The number of aromatic hydroxyl groups is 1. The molecule has 2 aliphatic heterocycles. The number of aromatic nitrogens is 5. The summed E-state index contributed by atoms with van der Waals surface area (Å²) in [5, 5.41) is 16.4. The molecule has 3 aromatic heterocycles. The highest BCUT2D eigenvalue weighted by atomic mass is 35.5. The zero-order chi connectivity index (χ0) is 35.0. The number of piperazine rings is 1. The highest BCUT2D eigenvalue weighted by Crippen LogP contribution is 2.36. The third-order valence-electron chi connectivity index (χ3n) is 8.25. The summed E-state index contributed by atoms with van der Waals surface area (Å²) in [6.07, 6.45) is -3.35. The number of carbonyl (C=O) groups excluding carboxylic acids is 2. The second kappa shape index (κ2) is 13.5. The van der Waals surface area contributed by atoms with Crippen LogP contribution in [0.5, 0.6) is 5.75 Å². The Balaban J connectivity index is 1.35. The van der Waals surface area contributed by atoms with Gasteiger partial charge >= 0.3 is 6.18 Å². The van der Waals surface area contributed by atoms with Crippen molar-refractivity contribution in [3.05, 3.63) is 68.6 Å². The first-order chi connectivity index (χ1) is 23.4. The standard InChI is InChI=1S/C30H30ClF4N9O5/c1-2-21-25(40-6-8-41(9-7-40)26(47)24-22(45)4-3-5-36-24)27(48)44-29(38-28(39-44)42-10-12-49-13-11-42)43(21)16-23(46)37-20-15-19(32)17(14-18(20)31)30(33,34)35/h3-5,14-15,45H,2,6-13,16H2,1H3,(H,37,46). The van der Waals surface area contributed by atoms with Crippen molar-refractivity contribution in [1.82, 2.24) is 29.0 Å². The molecule has 2 N–H and O–H groups in total. The lowest BCUT2D eigenvalue weighted by Crippen LogP contribution is -2.51. The van der Waals surface area contributed by atoms with Crippen LogP contribution < -0.4 is 20.7 Å². The van der Waals surface area contributed by atoms with E-state index in [0.29, 0.717) is 44.1 Å². The van der Waals surface area contributed by atoms with Crippen LogP contribution >= 0.6 is 11.6 Å². The van der Waals surface area contributed by atoms with Crippen molar-refractivity contribution in [2.75, 3.05) is 67.6 Å². The molecule has 5 heterocycles. The minimum Gasteiger partial charge on any atom is -0.505 e. The number of fused-ring (bicyclic) bond motifs is 1. The van der Waals surface area contributed by atoms with Gasteiger partial charge in [-0.3, -0.25) is 14.4 Å². The van der Waals surface area contributed by atoms with Crippen LogP contribution in [0.4, 0.5) is 34.9 Å². The number of rotatable bonds is 7. The van der Waals surface area contributed by atoms with Gasteiger partial charge in [-0.1, -0.05) is 18.5 Å². The lowest BCUT2D eigenvalue weighted by Gasteiger charge is -2.36.